The van der Waals surface area contributed by atoms with Gasteiger partial charge >= 0.3 is 5.97 Å². The van der Waals surface area contributed by atoms with Crippen LogP contribution in [0.2, 0.25) is 10.0 Å². The fourth-order valence-electron chi connectivity index (χ4n) is 4.73. The Balaban J connectivity index is 1.28. The zero-order chi connectivity index (χ0) is 30.1. The van der Waals surface area contributed by atoms with Crippen LogP contribution in [-0.2, 0) is 35.2 Å². The number of amides is 1. The van der Waals surface area contributed by atoms with E-state index >= 15 is 0 Å². The molecule has 0 unspecified atom stereocenters. The van der Waals surface area contributed by atoms with Crippen LogP contribution in [0.1, 0.15) is 18.4 Å². The standard InChI is InChI=1S/C28H28Cl2N4O7S/c1-39-27(36)28(5-6-28)26(35)34-9-7-33(8-10-34)24-4-3-22(16-31-24)41-25-12-18(17-40-42(2,37)38)11-23(32-25)19-13-20(29)15-21(30)14-19/h3-4,11-16H,5-10,17H2,1-2H3. The largest absolute Gasteiger partial charge is 0.468 e. The molecule has 2 aliphatic rings. The van der Waals surface area contributed by atoms with E-state index in [-0.39, 0.29) is 18.4 Å². The topological polar surface area (TPSA) is 128 Å². The molecule has 3 aromatic rings. The summed E-state index contributed by atoms with van der Waals surface area (Å²) in [5.74, 6) is 0.684. The van der Waals surface area contributed by atoms with Crippen molar-refractivity contribution in [1.29, 1.82) is 0 Å². The molecule has 0 spiro atoms. The molecule has 1 saturated heterocycles. The molecule has 42 heavy (non-hydrogen) atoms. The van der Waals surface area contributed by atoms with E-state index in [0.29, 0.717) is 77.5 Å². The van der Waals surface area contributed by atoms with Crippen LogP contribution in [0, 0.1) is 5.41 Å². The van der Waals surface area contributed by atoms with Crippen molar-refractivity contribution in [1.82, 2.24) is 14.9 Å². The molecule has 1 saturated carbocycles. The van der Waals surface area contributed by atoms with E-state index in [2.05, 4.69) is 9.97 Å². The number of ether oxygens (including phenoxy) is 2. The van der Waals surface area contributed by atoms with E-state index in [1.165, 1.54) is 7.11 Å². The van der Waals surface area contributed by atoms with E-state index in [1.807, 2.05) is 4.90 Å². The van der Waals surface area contributed by atoms with Gasteiger partial charge in [-0.1, -0.05) is 23.2 Å². The van der Waals surface area contributed by atoms with Crippen molar-refractivity contribution >= 4 is 51.0 Å². The molecule has 3 heterocycles. The summed E-state index contributed by atoms with van der Waals surface area (Å²) >= 11 is 12.4. The Morgan fingerprint density at radius 1 is 1.00 bits per heavy atom. The predicted molar refractivity (Wildman–Crippen MR) is 156 cm³/mol. The van der Waals surface area contributed by atoms with Crippen LogP contribution in [0.15, 0.2) is 48.7 Å². The van der Waals surface area contributed by atoms with Gasteiger partial charge in [-0.2, -0.15) is 8.42 Å². The summed E-state index contributed by atoms with van der Waals surface area (Å²) in [6.07, 6.45) is 3.58. The van der Waals surface area contributed by atoms with Crippen LogP contribution in [-0.4, -0.2) is 74.7 Å². The third-order valence-corrected chi connectivity index (χ3v) is 8.01. The Hall–Kier alpha value is -3.45. The van der Waals surface area contributed by atoms with Gasteiger partial charge in [0.15, 0.2) is 0 Å². The number of pyridine rings is 2. The van der Waals surface area contributed by atoms with Gasteiger partial charge in [-0.3, -0.25) is 13.8 Å². The van der Waals surface area contributed by atoms with Crippen LogP contribution in [0.3, 0.4) is 0 Å². The van der Waals surface area contributed by atoms with E-state index < -0.39 is 21.5 Å². The highest BCUT2D eigenvalue weighted by Gasteiger charge is 2.59. The molecule has 0 atom stereocenters. The summed E-state index contributed by atoms with van der Waals surface area (Å²) in [6.45, 7) is 1.85. The number of nitrogens with zero attached hydrogens (tertiary/aromatic N) is 4. The van der Waals surface area contributed by atoms with Crippen molar-refractivity contribution in [2.45, 2.75) is 19.4 Å². The van der Waals surface area contributed by atoms with Crippen LogP contribution < -0.4 is 9.64 Å². The number of hydrogen-bond acceptors (Lipinski definition) is 10. The van der Waals surface area contributed by atoms with Crippen molar-refractivity contribution in [3.63, 3.8) is 0 Å². The first-order valence-corrected chi connectivity index (χ1v) is 15.6. The van der Waals surface area contributed by atoms with Crippen molar-refractivity contribution in [3.8, 4) is 22.9 Å². The van der Waals surface area contributed by atoms with E-state index in [0.717, 1.165) is 6.26 Å². The van der Waals surface area contributed by atoms with Crippen LogP contribution in [0.25, 0.3) is 11.3 Å². The average Bonchev–Trinajstić information content (AvgIpc) is 3.77. The number of carbonyl (C=O) groups is 2. The highest BCUT2D eigenvalue weighted by atomic mass is 35.5. The lowest BCUT2D eigenvalue weighted by atomic mass is 10.1. The molecule has 11 nitrogen and oxygen atoms in total. The van der Waals surface area contributed by atoms with Crippen LogP contribution >= 0.6 is 23.2 Å². The fourth-order valence-corrected chi connectivity index (χ4v) is 5.60. The Morgan fingerprint density at radius 3 is 2.26 bits per heavy atom. The van der Waals surface area contributed by atoms with E-state index in [4.69, 9.17) is 36.9 Å². The number of aromatic nitrogens is 2. The molecule has 1 aliphatic carbocycles. The molecule has 222 valence electrons. The highest BCUT2D eigenvalue weighted by molar-refractivity contribution is 7.85. The molecular formula is C28H28Cl2N4O7S. The van der Waals surface area contributed by atoms with E-state index in [1.54, 1.807) is 53.6 Å². The van der Waals surface area contributed by atoms with Gasteiger partial charge in [-0.25, -0.2) is 9.97 Å². The number of piperazine rings is 1. The van der Waals surface area contributed by atoms with Crippen molar-refractivity contribution in [2.24, 2.45) is 5.41 Å². The van der Waals surface area contributed by atoms with Gasteiger partial charge < -0.3 is 19.3 Å². The van der Waals surface area contributed by atoms with Gasteiger partial charge in [-0.05, 0) is 54.8 Å². The van der Waals surface area contributed by atoms with Gasteiger partial charge in [0.2, 0.25) is 11.8 Å². The maximum Gasteiger partial charge on any atom is 0.321 e. The fraction of sp³-hybridized carbons (Fsp3) is 0.357. The minimum atomic E-state index is -3.68. The van der Waals surface area contributed by atoms with Crippen molar-refractivity contribution in [2.75, 3.05) is 44.4 Å². The molecule has 1 aromatic carbocycles. The second kappa shape index (κ2) is 12.0. The number of anilines is 1. The first-order valence-electron chi connectivity index (χ1n) is 13.0. The Bertz CT molecular complexity index is 1590. The summed E-state index contributed by atoms with van der Waals surface area (Å²) in [4.78, 5) is 37.9. The first-order chi connectivity index (χ1) is 20.0. The van der Waals surface area contributed by atoms with Gasteiger partial charge in [-0.15, -0.1) is 0 Å². The van der Waals surface area contributed by atoms with Gasteiger partial charge in [0.05, 0.1) is 31.9 Å². The SMILES string of the molecule is COC(=O)C1(C(=O)N2CCN(c3ccc(Oc4cc(COS(C)(=O)=O)cc(-c5cc(Cl)cc(Cl)c5)n4)cn3)CC2)CC1. The number of carbonyl (C=O) groups excluding carboxylic acids is 2. The van der Waals surface area contributed by atoms with Crippen molar-refractivity contribution < 1.29 is 31.7 Å². The molecule has 2 aromatic heterocycles. The molecule has 0 radical (unpaired) electrons. The second-order valence-electron chi connectivity index (χ2n) is 10.1. The third kappa shape index (κ3) is 6.95. The zero-order valence-electron chi connectivity index (χ0n) is 22.9. The normalized spacial score (nSPS) is 16.2. The summed E-state index contributed by atoms with van der Waals surface area (Å²) in [7, 11) is -2.37. The Labute approximate surface area is 253 Å². The summed E-state index contributed by atoms with van der Waals surface area (Å²) in [6, 6.07) is 11.8. The smallest absolute Gasteiger partial charge is 0.321 e. The van der Waals surface area contributed by atoms with Crippen LogP contribution in [0.4, 0.5) is 5.82 Å². The Morgan fingerprint density at radius 2 is 1.69 bits per heavy atom. The van der Waals surface area contributed by atoms with Crippen molar-refractivity contribution in [3.05, 3.63) is 64.3 Å². The summed E-state index contributed by atoms with van der Waals surface area (Å²) in [5.41, 5.74) is 0.577. The lowest BCUT2D eigenvalue weighted by molar-refractivity contribution is -0.156. The number of benzene rings is 1. The van der Waals surface area contributed by atoms with Gasteiger partial charge in [0.25, 0.3) is 10.1 Å². The number of methoxy groups -OCH3 is 1. The molecular weight excluding hydrogens is 607 g/mol. The molecule has 5 rings (SSSR count). The molecule has 0 N–H and O–H groups in total. The molecule has 1 aliphatic heterocycles. The second-order valence-corrected chi connectivity index (χ2v) is 12.6. The predicted octanol–water partition coefficient (Wildman–Crippen LogP) is 4.32. The summed E-state index contributed by atoms with van der Waals surface area (Å²) < 4.78 is 38.9. The van der Waals surface area contributed by atoms with Crippen LogP contribution in [0.5, 0.6) is 11.6 Å². The molecule has 2 fully saturated rings. The number of hydrogen-bond donors (Lipinski definition) is 0. The maximum atomic E-state index is 12.9. The Kier molecular flexibility index (Phi) is 8.61. The minimum Gasteiger partial charge on any atom is -0.468 e. The molecule has 14 heteroatoms. The molecule has 0 bridgehead atoms. The number of rotatable bonds is 9. The monoisotopic (exact) mass is 634 g/mol. The number of halogens is 2. The first kappa shape index (κ1) is 30.0. The lowest BCUT2D eigenvalue weighted by Gasteiger charge is -2.36. The summed E-state index contributed by atoms with van der Waals surface area (Å²) in [5, 5.41) is 0.833. The lowest BCUT2D eigenvalue weighted by Crippen LogP contribution is -2.52. The maximum absolute atomic E-state index is 12.9. The minimum absolute atomic E-state index is 0.165. The quantitative estimate of drug-likeness (QED) is 0.191. The van der Waals surface area contributed by atoms with E-state index in [9.17, 15) is 18.0 Å². The third-order valence-electron chi connectivity index (χ3n) is 7.03. The molecule has 1 amide bonds. The highest BCUT2D eigenvalue weighted by Crippen LogP contribution is 2.48. The zero-order valence-corrected chi connectivity index (χ0v) is 25.2. The number of esters is 1. The van der Waals surface area contributed by atoms with Gasteiger partial charge in [0.1, 0.15) is 17.0 Å². The van der Waals surface area contributed by atoms with Gasteiger partial charge in [0, 0.05) is 47.9 Å². The average molecular weight is 636 g/mol.